The summed E-state index contributed by atoms with van der Waals surface area (Å²) < 4.78 is 5.70. The lowest BCUT2D eigenvalue weighted by Crippen LogP contribution is -2.11. The molecule has 3 rings (SSSR count). The van der Waals surface area contributed by atoms with Crippen LogP contribution < -0.4 is 10.5 Å². The van der Waals surface area contributed by atoms with E-state index >= 15 is 0 Å². The molecule has 0 fully saturated rings. The molecule has 0 aliphatic carbocycles. The molecule has 0 amide bonds. The molecule has 0 radical (unpaired) electrons. The van der Waals surface area contributed by atoms with Gasteiger partial charge in [-0.05, 0) is 40.1 Å². The summed E-state index contributed by atoms with van der Waals surface area (Å²) in [6.07, 6.45) is 0. The second kappa shape index (κ2) is 6.64. The number of aromatic hydroxyl groups is 1. The first-order valence-electron chi connectivity index (χ1n) is 7.01. The van der Waals surface area contributed by atoms with Gasteiger partial charge in [-0.25, -0.2) is 0 Å². The van der Waals surface area contributed by atoms with Gasteiger partial charge in [-0.3, -0.25) is 0 Å². The first kappa shape index (κ1) is 14.6. The fourth-order valence-corrected chi connectivity index (χ4v) is 2.95. The molecule has 1 aromatic heterocycles. The normalized spacial score (nSPS) is 12.0. The van der Waals surface area contributed by atoms with Crippen LogP contribution in [-0.4, -0.2) is 5.11 Å². The Balaban J connectivity index is 1.72. The fourth-order valence-electron chi connectivity index (χ4n) is 2.25. The van der Waals surface area contributed by atoms with Crippen molar-refractivity contribution in [1.82, 2.24) is 0 Å². The summed E-state index contributed by atoms with van der Waals surface area (Å²) in [6.45, 7) is 0.468. The quantitative estimate of drug-likeness (QED) is 0.746. The van der Waals surface area contributed by atoms with Crippen molar-refractivity contribution in [3.05, 3.63) is 82.0 Å². The van der Waals surface area contributed by atoms with Crippen LogP contribution in [0.1, 0.15) is 22.7 Å². The van der Waals surface area contributed by atoms with Crippen LogP contribution in [0, 0.1) is 0 Å². The lowest BCUT2D eigenvalue weighted by Gasteiger charge is -2.14. The summed E-state index contributed by atoms with van der Waals surface area (Å²) in [5.41, 5.74) is 8.96. The van der Waals surface area contributed by atoms with Gasteiger partial charge in [-0.1, -0.05) is 30.3 Å². The summed E-state index contributed by atoms with van der Waals surface area (Å²) in [5.74, 6) is 0.784. The van der Waals surface area contributed by atoms with Crippen molar-refractivity contribution in [2.24, 2.45) is 5.73 Å². The van der Waals surface area contributed by atoms with Crippen molar-refractivity contribution in [2.75, 3.05) is 0 Å². The molecule has 3 nitrogen and oxygen atoms in total. The average molecular weight is 311 g/mol. The summed E-state index contributed by atoms with van der Waals surface area (Å²) in [5, 5.41) is 14.2. The highest BCUT2D eigenvalue weighted by Crippen LogP contribution is 2.31. The maximum atomic E-state index is 10.2. The Bertz CT molecular complexity index is 726. The van der Waals surface area contributed by atoms with E-state index < -0.39 is 0 Å². The number of nitrogens with two attached hydrogens (primary N) is 1. The monoisotopic (exact) mass is 311 g/mol. The molecule has 0 spiro atoms. The number of benzene rings is 2. The SMILES string of the molecule is N[C@H](c1ccsc1)c1ccc(OCc2ccccc2)cc1O. The molecule has 0 aliphatic heterocycles. The van der Waals surface area contributed by atoms with Gasteiger partial charge < -0.3 is 15.6 Å². The standard InChI is InChI=1S/C18H17NO2S/c19-18(14-8-9-22-12-14)16-7-6-15(10-17(16)20)21-11-13-4-2-1-3-5-13/h1-10,12,18,20H,11,19H2/t18-/m1/s1. The number of ether oxygens (including phenoxy) is 1. The third-order valence-electron chi connectivity index (χ3n) is 3.49. The maximum Gasteiger partial charge on any atom is 0.124 e. The van der Waals surface area contributed by atoms with Gasteiger partial charge in [0.2, 0.25) is 0 Å². The van der Waals surface area contributed by atoms with Gasteiger partial charge in [-0.2, -0.15) is 11.3 Å². The van der Waals surface area contributed by atoms with E-state index in [1.165, 1.54) is 0 Å². The van der Waals surface area contributed by atoms with Gasteiger partial charge >= 0.3 is 0 Å². The summed E-state index contributed by atoms with van der Waals surface area (Å²) in [6, 6.07) is 16.8. The van der Waals surface area contributed by atoms with E-state index in [2.05, 4.69) is 0 Å². The predicted molar refractivity (Wildman–Crippen MR) is 89.2 cm³/mol. The van der Waals surface area contributed by atoms with Crippen LogP contribution in [0.2, 0.25) is 0 Å². The zero-order chi connectivity index (χ0) is 15.4. The van der Waals surface area contributed by atoms with Crippen molar-refractivity contribution < 1.29 is 9.84 Å². The lowest BCUT2D eigenvalue weighted by molar-refractivity contribution is 0.304. The van der Waals surface area contributed by atoms with E-state index in [0.29, 0.717) is 17.9 Å². The summed E-state index contributed by atoms with van der Waals surface area (Å²) >= 11 is 1.59. The van der Waals surface area contributed by atoms with Gasteiger partial charge in [0.05, 0.1) is 6.04 Å². The van der Waals surface area contributed by atoms with Crippen LogP contribution in [0.3, 0.4) is 0 Å². The largest absolute Gasteiger partial charge is 0.507 e. The Labute approximate surface area is 133 Å². The zero-order valence-corrected chi connectivity index (χ0v) is 12.8. The second-order valence-corrected chi connectivity index (χ2v) is 5.81. The molecule has 112 valence electrons. The molecule has 0 unspecified atom stereocenters. The summed E-state index contributed by atoms with van der Waals surface area (Å²) in [4.78, 5) is 0. The highest BCUT2D eigenvalue weighted by atomic mass is 32.1. The molecular weight excluding hydrogens is 294 g/mol. The van der Waals surface area contributed by atoms with E-state index in [9.17, 15) is 5.11 Å². The van der Waals surface area contributed by atoms with Crippen LogP contribution in [0.4, 0.5) is 0 Å². The van der Waals surface area contributed by atoms with Crippen LogP contribution in [0.15, 0.2) is 65.4 Å². The van der Waals surface area contributed by atoms with Gasteiger partial charge in [0.25, 0.3) is 0 Å². The molecule has 1 heterocycles. The van der Waals surface area contributed by atoms with Crippen molar-refractivity contribution in [1.29, 1.82) is 0 Å². The maximum absolute atomic E-state index is 10.2. The third kappa shape index (κ3) is 3.30. The fraction of sp³-hybridized carbons (Fsp3) is 0.111. The van der Waals surface area contributed by atoms with Crippen molar-refractivity contribution >= 4 is 11.3 Å². The smallest absolute Gasteiger partial charge is 0.124 e. The molecule has 3 aromatic rings. The first-order valence-corrected chi connectivity index (χ1v) is 7.95. The molecule has 22 heavy (non-hydrogen) atoms. The van der Waals surface area contributed by atoms with E-state index in [-0.39, 0.29) is 11.8 Å². The number of phenolic OH excluding ortho intramolecular Hbond substituents is 1. The zero-order valence-electron chi connectivity index (χ0n) is 12.0. The number of phenols is 1. The topological polar surface area (TPSA) is 55.5 Å². The van der Waals surface area contributed by atoms with Gasteiger partial charge in [0.1, 0.15) is 18.1 Å². The molecule has 4 heteroatoms. The van der Waals surface area contributed by atoms with Crippen LogP contribution in [0.25, 0.3) is 0 Å². The van der Waals surface area contributed by atoms with E-state index in [1.54, 1.807) is 17.4 Å². The summed E-state index contributed by atoms with van der Waals surface area (Å²) in [7, 11) is 0. The second-order valence-electron chi connectivity index (χ2n) is 5.03. The molecule has 0 saturated heterocycles. The number of hydrogen-bond donors (Lipinski definition) is 2. The van der Waals surface area contributed by atoms with Crippen LogP contribution >= 0.6 is 11.3 Å². The molecule has 1 atom stereocenters. The van der Waals surface area contributed by atoms with Crippen molar-refractivity contribution in [2.45, 2.75) is 12.6 Å². The lowest BCUT2D eigenvalue weighted by atomic mass is 10.0. The number of rotatable bonds is 5. The highest BCUT2D eigenvalue weighted by Gasteiger charge is 2.14. The Kier molecular flexibility index (Phi) is 4.42. The molecule has 0 bridgehead atoms. The van der Waals surface area contributed by atoms with Crippen molar-refractivity contribution in [3.8, 4) is 11.5 Å². The van der Waals surface area contributed by atoms with E-state index in [1.807, 2.05) is 59.3 Å². The predicted octanol–water partition coefficient (Wildman–Crippen LogP) is 4.08. The molecule has 2 aromatic carbocycles. The molecule has 0 aliphatic rings. The number of hydrogen-bond acceptors (Lipinski definition) is 4. The Morgan fingerprint density at radius 2 is 1.91 bits per heavy atom. The highest BCUT2D eigenvalue weighted by molar-refractivity contribution is 7.08. The van der Waals surface area contributed by atoms with Crippen LogP contribution in [-0.2, 0) is 6.61 Å². The van der Waals surface area contributed by atoms with E-state index in [0.717, 1.165) is 11.1 Å². The van der Waals surface area contributed by atoms with Gasteiger partial charge in [-0.15, -0.1) is 0 Å². The number of thiophene rings is 1. The molecular formula is C18H17NO2S. The average Bonchev–Trinajstić information content (AvgIpc) is 3.08. The van der Waals surface area contributed by atoms with Gasteiger partial charge in [0, 0.05) is 11.6 Å². The Hall–Kier alpha value is -2.30. The van der Waals surface area contributed by atoms with Crippen molar-refractivity contribution in [3.63, 3.8) is 0 Å². The molecule has 0 saturated carbocycles. The first-order chi connectivity index (χ1) is 10.7. The van der Waals surface area contributed by atoms with Crippen LogP contribution in [0.5, 0.6) is 11.5 Å². The third-order valence-corrected chi connectivity index (χ3v) is 4.19. The minimum atomic E-state index is -0.325. The van der Waals surface area contributed by atoms with E-state index in [4.69, 9.17) is 10.5 Å². The Morgan fingerprint density at radius 1 is 1.09 bits per heavy atom. The molecule has 3 N–H and O–H groups in total. The minimum Gasteiger partial charge on any atom is -0.507 e. The van der Waals surface area contributed by atoms with Gasteiger partial charge in [0.15, 0.2) is 0 Å². The Morgan fingerprint density at radius 3 is 2.59 bits per heavy atom. The minimum absolute atomic E-state index is 0.157.